The van der Waals surface area contributed by atoms with Gasteiger partial charge in [-0.05, 0) is 31.4 Å². The van der Waals surface area contributed by atoms with Crippen LogP contribution in [0.1, 0.15) is 19.3 Å². The summed E-state index contributed by atoms with van der Waals surface area (Å²) in [6, 6.07) is 8.23. The summed E-state index contributed by atoms with van der Waals surface area (Å²) in [5.74, 6) is 1.78. The standard InChI is InChI=1S/C14H18N4/c1-15-14-16-12-8-4-3-7-11(12)13(17-14)18-9-5-2-6-10-18/h3-4,7-8H,2,5-6,9-10H2,1H3,(H,15,16,17). The number of nitrogens with zero attached hydrogens (tertiary/aromatic N) is 3. The Morgan fingerprint density at radius 2 is 1.83 bits per heavy atom. The van der Waals surface area contributed by atoms with Gasteiger partial charge in [-0.3, -0.25) is 0 Å². The molecule has 1 N–H and O–H groups in total. The molecule has 0 spiro atoms. The quantitative estimate of drug-likeness (QED) is 0.879. The molecule has 1 aromatic carbocycles. The van der Waals surface area contributed by atoms with E-state index in [2.05, 4.69) is 32.3 Å². The van der Waals surface area contributed by atoms with Gasteiger partial charge in [0.2, 0.25) is 5.95 Å². The molecule has 4 nitrogen and oxygen atoms in total. The molecule has 1 saturated heterocycles. The average Bonchev–Trinajstić information content (AvgIpc) is 2.47. The summed E-state index contributed by atoms with van der Waals surface area (Å²) in [5, 5.41) is 4.20. The van der Waals surface area contributed by atoms with Gasteiger partial charge in [-0.25, -0.2) is 4.98 Å². The zero-order chi connectivity index (χ0) is 12.4. The van der Waals surface area contributed by atoms with Crippen molar-refractivity contribution in [1.82, 2.24) is 9.97 Å². The summed E-state index contributed by atoms with van der Waals surface area (Å²) in [4.78, 5) is 11.5. The minimum absolute atomic E-state index is 0.703. The number of fused-ring (bicyclic) bond motifs is 1. The van der Waals surface area contributed by atoms with E-state index in [4.69, 9.17) is 0 Å². The molecule has 94 valence electrons. The lowest BCUT2D eigenvalue weighted by atomic mass is 10.1. The Balaban J connectivity index is 2.12. The summed E-state index contributed by atoms with van der Waals surface area (Å²) >= 11 is 0. The van der Waals surface area contributed by atoms with Gasteiger partial charge in [0.1, 0.15) is 5.82 Å². The molecular weight excluding hydrogens is 224 g/mol. The van der Waals surface area contributed by atoms with Crippen molar-refractivity contribution in [3.63, 3.8) is 0 Å². The third kappa shape index (κ3) is 1.98. The maximum atomic E-state index is 4.65. The molecule has 0 amide bonds. The van der Waals surface area contributed by atoms with Crippen molar-refractivity contribution in [3.8, 4) is 0 Å². The fourth-order valence-corrected chi connectivity index (χ4v) is 2.52. The molecule has 1 aromatic heterocycles. The molecule has 2 aromatic rings. The van der Waals surface area contributed by atoms with Crippen LogP contribution in [0.5, 0.6) is 0 Å². The van der Waals surface area contributed by atoms with Crippen LogP contribution in [0.25, 0.3) is 10.9 Å². The van der Waals surface area contributed by atoms with E-state index in [0.717, 1.165) is 29.8 Å². The SMILES string of the molecule is CNc1nc(N2CCCCC2)c2ccccc2n1. The first kappa shape index (κ1) is 11.3. The van der Waals surface area contributed by atoms with Gasteiger partial charge < -0.3 is 10.2 Å². The molecule has 4 heteroatoms. The van der Waals surface area contributed by atoms with E-state index in [9.17, 15) is 0 Å². The number of hydrogen-bond acceptors (Lipinski definition) is 4. The number of aromatic nitrogens is 2. The van der Waals surface area contributed by atoms with Crippen LogP contribution in [-0.4, -0.2) is 30.1 Å². The van der Waals surface area contributed by atoms with Crippen LogP contribution in [0, 0.1) is 0 Å². The smallest absolute Gasteiger partial charge is 0.224 e. The number of piperidine rings is 1. The van der Waals surface area contributed by atoms with E-state index in [1.165, 1.54) is 19.3 Å². The first-order valence-corrected chi connectivity index (χ1v) is 6.58. The van der Waals surface area contributed by atoms with E-state index in [1.54, 1.807) is 0 Å². The Morgan fingerprint density at radius 1 is 1.06 bits per heavy atom. The van der Waals surface area contributed by atoms with Gasteiger partial charge in [-0.15, -0.1) is 0 Å². The second-order valence-electron chi connectivity index (χ2n) is 4.69. The monoisotopic (exact) mass is 242 g/mol. The molecule has 0 radical (unpaired) electrons. The van der Waals surface area contributed by atoms with Crippen LogP contribution in [0.2, 0.25) is 0 Å². The van der Waals surface area contributed by atoms with Crippen molar-refractivity contribution in [1.29, 1.82) is 0 Å². The molecule has 0 unspecified atom stereocenters. The Bertz CT molecular complexity index is 546. The van der Waals surface area contributed by atoms with Gasteiger partial charge in [0, 0.05) is 25.5 Å². The van der Waals surface area contributed by atoms with E-state index >= 15 is 0 Å². The highest BCUT2D eigenvalue weighted by Gasteiger charge is 2.16. The highest BCUT2D eigenvalue weighted by Crippen LogP contribution is 2.27. The fraction of sp³-hybridized carbons (Fsp3) is 0.429. The first-order chi connectivity index (χ1) is 8.88. The Hall–Kier alpha value is -1.84. The van der Waals surface area contributed by atoms with Gasteiger partial charge in [0.05, 0.1) is 5.52 Å². The summed E-state index contributed by atoms with van der Waals surface area (Å²) in [7, 11) is 1.87. The number of rotatable bonds is 2. The van der Waals surface area contributed by atoms with Crippen LogP contribution >= 0.6 is 0 Å². The highest BCUT2D eigenvalue weighted by molar-refractivity contribution is 5.90. The maximum absolute atomic E-state index is 4.65. The normalized spacial score (nSPS) is 15.9. The largest absolute Gasteiger partial charge is 0.357 e. The third-order valence-corrected chi connectivity index (χ3v) is 3.46. The molecule has 0 bridgehead atoms. The predicted molar refractivity (Wildman–Crippen MR) is 75.1 cm³/mol. The lowest BCUT2D eigenvalue weighted by Gasteiger charge is -2.28. The van der Waals surface area contributed by atoms with Crippen LogP contribution in [0.15, 0.2) is 24.3 Å². The summed E-state index contributed by atoms with van der Waals surface area (Å²) in [6.45, 7) is 2.20. The maximum Gasteiger partial charge on any atom is 0.224 e. The fourth-order valence-electron chi connectivity index (χ4n) is 2.52. The lowest BCUT2D eigenvalue weighted by molar-refractivity contribution is 0.575. The van der Waals surface area contributed by atoms with Gasteiger partial charge in [0.25, 0.3) is 0 Å². The van der Waals surface area contributed by atoms with E-state index < -0.39 is 0 Å². The minimum atomic E-state index is 0.703. The van der Waals surface area contributed by atoms with Crippen LogP contribution in [-0.2, 0) is 0 Å². The van der Waals surface area contributed by atoms with Crippen molar-refractivity contribution >= 4 is 22.7 Å². The molecule has 0 aliphatic carbocycles. The molecular formula is C14H18N4. The average molecular weight is 242 g/mol. The Labute approximate surface area is 107 Å². The second-order valence-corrected chi connectivity index (χ2v) is 4.69. The van der Waals surface area contributed by atoms with Crippen molar-refractivity contribution in [2.75, 3.05) is 30.4 Å². The first-order valence-electron chi connectivity index (χ1n) is 6.58. The second kappa shape index (κ2) is 4.80. The molecule has 0 saturated carbocycles. The van der Waals surface area contributed by atoms with Crippen molar-refractivity contribution < 1.29 is 0 Å². The van der Waals surface area contributed by atoms with Gasteiger partial charge in [0.15, 0.2) is 0 Å². The molecule has 18 heavy (non-hydrogen) atoms. The highest BCUT2D eigenvalue weighted by atomic mass is 15.2. The number of nitrogens with one attached hydrogen (secondary N) is 1. The zero-order valence-corrected chi connectivity index (χ0v) is 10.7. The van der Waals surface area contributed by atoms with Crippen LogP contribution < -0.4 is 10.2 Å². The van der Waals surface area contributed by atoms with Gasteiger partial charge in [-0.1, -0.05) is 12.1 Å². The Kier molecular flexibility index (Phi) is 3.00. The lowest BCUT2D eigenvalue weighted by Crippen LogP contribution is -2.30. The molecule has 1 aliphatic heterocycles. The molecule has 1 fully saturated rings. The third-order valence-electron chi connectivity index (χ3n) is 3.46. The van der Waals surface area contributed by atoms with E-state index in [0.29, 0.717) is 5.95 Å². The molecule has 3 rings (SSSR count). The molecule has 0 atom stereocenters. The molecule has 1 aliphatic rings. The van der Waals surface area contributed by atoms with Crippen molar-refractivity contribution in [2.24, 2.45) is 0 Å². The summed E-state index contributed by atoms with van der Waals surface area (Å²) in [5.41, 5.74) is 1.01. The predicted octanol–water partition coefficient (Wildman–Crippen LogP) is 2.66. The number of benzene rings is 1. The number of para-hydroxylation sites is 1. The zero-order valence-electron chi connectivity index (χ0n) is 10.7. The number of anilines is 2. The van der Waals surface area contributed by atoms with E-state index in [-0.39, 0.29) is 0 Å². The minimum Gasteiger partial charge on any atom is -0.357 e. The summed E-state index contributed by atoms with van der Waals surface area (Å²) < 4.78 is 0. The van der Waals surface area contributed by atoms with Crippen LogP contribution in [0.4, 0.5) is 11.8 Å². The van der Waals surface area contributed by atoms with Gasteiger partial charge >= 0.3 is 0 Å². The Morgan fingerprint density at radius 3 is 2.61 bits per heavy atom. The number of hydrogen-bond donors (Lipinski definition) is 1. The van der Waals surface area contributed by atoms with E-state index in [1.807, 2.05) is 19.2 Å². The van der Waals surface area contributed by atoms with Gasteiger partial charge in [-0.2, -0.15) is 4.98 Å². The molecule has 2 heterocycles. The van der Waals surface area contributed by atoms with Crippen molar-refractivity contribution in [2.45, 2.75) is 19.3 Å². The van der Waals surface area contributed by atoms with Crippen LogP contribution in [0.3, 0.4) is 0 Å². The topological polar surface area (TPSA) is 41.1 Å². The van der Waals surface area contributed by atoms with Crippen molar-refractivity contribution in [3.05, 3.63) is 24.3 Å². The summed E-state index contributed by atoms with van der Waals surface area (Å²) in [6.07, 6.45) is 3.85.